The third-order valence-corrected chi connectivity index (χ3v) is 6.77. The highest BCUT2D eigenvalue weighted by Crippen LogP contribution is 2.34. The summed E-state index contributed by atoms with van der Waals surface area (Å²) in [6, 6.07) is 12.5. The van der Waals surface area contributed by atoms with Gasteiger partial charge in [-0.2, -0.15) is 0 Å². The maximum absolute atomic E-state index is 13.3. The lowest BCUT2D eigenvalue weighted by molar-refractivity contribution is 0.190. The number of rotatable bonds is 11. The Balaban J connectivity index is 2.32. The number of carboxylic acid groups (broad SMARTS) is 1. The van der Waals surface area contributed by atoms with Gasteiger partial charge in [-0.1, -0.05) is 31.2 Å². The highest BCUT2D eigenvalue weighted by molar-refractivity contribution is 7.92. The van der Waals surface area contributed by atoms with Gasteiger partial charge >= 0.3 is 6.09 Å². The van der Waals surface area contributed by atoms with E-state index in [0.29, 0.717) is 19.3 Å². The summed E-state index contributed by atoms with van der Waals surface area (Å²) in [5.74, 6) is -0.308. The van der Waals surface area contributed by atoms with Gasteiger partial charge in [0.15, 0.2) is 0 Å². The molecule has 2 aromatic rings. The minimum absolute atomic E-state index is 0.0616. The van der Waals surface area contributed by atoms with E-state index in [-0.39, 0.29) is 41.4 Å². The van der Waals surface area contributed by atoms with Crippen molar-refractivity contribution >= 4 is 21.8 Å². The van der Waals surface area contributed by atoms with Gasteiger partial charge < -0.3 is 20.6 Å². The molecule has 0 aliphatic rings. The molecule has 1 amide bonds. The zero-order chi connectivity index (χ0) is 23.0. The van der Waals surface area contributed by atoms with Crippen LogP contribution >= 0.6 is 0 Å². The minimum atomic E-state index is -3.93. The molecule has 0 fully saturated rings. The van der Waals surface area contributed by atoms with Crippen LogP contribution in [0.15, 0.2) is 53.4 Å². The number of phenolic OH excluding ortho intramolecular Hbond substituents is 1. The van der Waals surface area contributed by atoms with E-state index in [1.54, 1.807) is 37.3 Å². The number of aliphatic hydroxyl groups excluding tert-OH is 1. The Morgan fingerprint density at radius 2 is 1.77 bits per heavy atom. The number of amides is 1. The number of aromatic hydroxyl groups is 1. The second-order valence-corrected chi connectivity index (χ2v) is 9.54. The number of aryl methyl sites for hydroxylation is 1. The van der Waals surface area contributed by atoms with Gasteiger partial charge in [0.2, 0.25) is 0 Å². The largest absolute Gasteiger partial charge is 0.506 e. The number of hydrogen-bond donors (Lipinski definition) is 4. The molecule has 0 radical (unpaired) electrons. The molecule has 0 aliphatic carbocycles. The number of phenols is 1. The second kappa shape index (κ2) is 11.0. The molecule has 2 aromatic carbocycles. The van der Waals surface area contributed by atoms with Crippen molar-refractivity contribution in [3.05, 3.63) is 54.1 Å². The number of hydrogen-bond acceptors (Lipinski definition) is 5. The van der Waals surface area contributed by atoms with Crippen molar-refractivity contribution in [2.24, 2.45) is 5.92 Å². The van der Waals surface area contributed by atoms with Crippen molar-refractivity contribution in [2.75, 3.05) is 17.5 Å². The third-order valence-electron chi connectivity index (χ3n) is 4.98. The second-order valence-electron chi connectivity index (χ2n) is 7.68. The Kier molecular flexibility index (Phi) is 8.70. The first kappa shape index (κ1) is 24.5. The molecule has 0 saturated heterocycles. The van der Waals surface area contributed by atoms with Gasteiger partial charge in [0.25, 0.3) is 10.0 Å². The van der Waals surface area contributed by atoms with Crippen molar-refractivity contribution in [3.8, 4) is 5.75 Å². The van der Waals surface area contributed by atoms with Crippen LogP contribution in [0.5, 0.6) is 5.75 Å². The first-order valence-electron chi connectivity index (χ1n) is 10.1. The molecule has 170 valence electrons. The maximum Gasteiger partial charge on any atom is 0.404 e. The summed E-state index contributed by atoms with van der Waals surface area (Å²) in [5.41, 5.74) is 0.926. The number of benzene rings is 2. The van der Waals surface area contributed by atoms with E-state index < -0.39 is 16.1 Å². The average Bonchev–Trinajstić information content (AvgIpc) is 2.71. The van der Waals surface area contributed by atoms with E-state index >= 15 is 0 Å². The summed E-state index contributed by atoms with van der Waals surface area (Å²) in [6.07, 6.45) is 0.380. The SMILES string of the molecule is CC(CCc1ccc(N(C[C@@H](C)CCO)S(=O)(=O)c2ccccc2)c(O)c1)NC(=O)O. The number of carbonyl (C=O) groups is 1. The number of anilines is 1. The van der Waals surface area contributed by atoms with E-state index in [0.717, 1.165) is 5.56 Å². The van der Waals surface area contributed by atoms with Crippen LogP contribution in [0.3, 0.4) is 0 Å². The summed E-state index contributed by atoms with van der Waals surface area (Å²) >= 11 is 0. The molecule has 0 aromatic heterocycles. The van der Waals surface area contributed by atoms with E-state index in [4.69, 9.17) is 5.11 Å². The zero-order valence-electron chi connectivity index (χ0n) is 17.7. The standard InChI is InChI=1S/C22H30N2O6S/c1-16(12-13-25)15-24(31(29,30)19-6-4-3-5-7-19)20-11-10-18(14-21(20)26)9-8-17(2)23-22(27)28/h3-7,10-11,14,16-17,23,25-26H,8-9,12-13,15H2,1-2H3,(H,27,28)/t16-,17?/m0/s1. The Bertz CT molecular complexity index is 965. The first-order chi connectivity index (χ1) is 14.6. The van der Waals surface area contributed by atoms with E-state index in [1.807, 2.05) is 6.92 Å². The fourth-order valence-electron chi connectivity index (χ4n) is 3.24. The van der Waals surface area contributed by atoms with Gasteiger partial charge in [-0.25, -0.2) is 13.2 Å². The first-order valence-corrected chi connectivity index (χ1v) is 11.6. The van der Waals surface area contributed by atoms with E-state index in [1.165, 1.54) is 22.5 Å². The molecule has 9 heteroatoms. The quantitative estimate of drug-likeness (QED) is 0.416. The summed E-state index contributed by atoms with van der Waals surface area (Å²) in [6.45, 7) is 3.63. The smallest absolute Gasteiger partial charge is 0.404 e. The predicted molar refractivity (Wildman–Crippen MR) is 119 cm³/mol. The van der Waals surface area contributed by atoms with Crippen LogP contribution in [0, 0.1) is 5.92 Å². The monoisotopic (exact) mass is 450 g/mol. The van der Waals surface area contributed by atoms with E-state index in [9.17, 15) is 23.4 Å². The molecule has 2 rings (SSSR count). The average molecular weight is 451 g/mol. The van der Waals surface area contributed by atoms with Crippen LogP contribution in [0.2, 0.25) is 0 Å². The molecule has 0 saturated carbocycles. The minimum Gasteiger partial charge on any atom is -0.506 e. The molecule has 31 heavy (non-hydrogen) atoms. The van der Waals surface area contributed by atoms with Crippen molar-refractivity contribution in [1.29, 1.82) is 0 Å². The van der Waals surface area contributed by atoms with Crippen molar-refractivity contribution in [1.82, 2.24) is 5.32 Å². The molecular formula is C22H30N2O6S. The van der Waals surface area contributed by atoms with Crippen LogP contribution in [-0.4, -0.2) is 49.0 Å². The van der Waals surface area contributed by atoms with E-state index in [2.05, 4.69) is 5.32 Å². The molecule has 0 heterocycles. The van der Waals surface area contributed by atoms with Crippen LogP contribution < -0.4 is 9.62 Å². The number of sulfonamides is 1. The van der Waals surface area contributed by atoms with Gasteiger partial charge in [-0.05, 0) is 61.9 Å². The summed E-state index contributed by atoms with van der Waals surface area (Å²) in [5, 5.41) is 31.0. The van der Waals surface area contributed by atoms with Gasteiger partial charge in [0.05, 0.1) is 10.6 Å². The Labute approximate surface area is 183 Å². The highest BCUT2D eigenvalue weighted by atomic mass is 32.2. The fourth-order valence-corrected chi connectivity index (χ4v) is 4.86. The molecule has 2 atom stereocenters. The van der Waals surface area contributed by atoms with Gasteiger partial charge in [0, 0.05) is 19.2 Å². The van der Waals surface area contributed by atoms with Crippen LogP contribution in [0.4, 0.5) is 10.5 Å². The molecule has 0 bridgehead atoms. The normalized spacial score (nSPS) is 13.4. The Hall–Kier alpha value is -2.78. The van der Waals surface area contributed by atoms with Crippen LogP contribution in [0.1, 0.15) is 32.3 Å². The predicted octanol–water partition coefficient (Wildman–Crippen LogP) is 3.19. The number of nitrogens with one attached hydrogen (secondary N) is 1. The van der Waals surface area contributed by atoms with Crippen molar-refractivity contribution < 1.29 is 28.5 Å². The maximum atomic E-state index is 13.3. The molecule has 4 N–H and O–H groups in total. The van der Waals surface area contributed by atoms with Crippen molar-refractivity contribution in [3.63, 3.8) is 0 Å². The third kappa shape index (κ3) is 6.86. The highest BCUT2D eigenvalue weighted by Gasteiger charge is 2.28. The van der Waals surface area contributed by atoms with Crippen molar-refractivity contribution in [2.45, 2.75) is 44.0 Å². The Morgan fingerprint density at radius 1 is 1.10 bits per heavy atom. The Morgan fingerprint density at radius 3 is 2.35 bits per heavy atom. The molecule has 1 unspecified atom stereocenters. The molecular weight excluding hydrogens is 420 g/mol. The lowest BCUT2D eigenvalue weighted by atomic mass is 10.0. The van der Waals surface area contributed by atoms with Crippen LogP contribution in [-0.2, 0) is 16.4 Å². The topological polar surface area (TPSA) is 127 Å². The lowest BCUT2D eigenvalue weighted by Crippen LogP contribution is -2.35. The zero-order valence-corrected chi connectivity index (χ0v) is 18.5. The molecule has 0 aliphatic heterocycles. The molecule has 0 spiro atoms. The van der Waals surface area contributed by atoms with Gasteiger partial charge in [0.1, 0.15) is 5.75 Å². The van der Waals surface area contributed by atoms with Gasteiger partial charge in [-0.3, -0.25) is 4.31 Å². The van der Waals surface area contributed by atoms with Crippen LogP contribution in [0.25, 0.3) is 0 Å². The molecule has 8 nitrogen and oxygen atoms in total. The number of aliphatic hydroxyl groups is 1. The summed E-state index contributed by atoms with van der Waals surface area (Å²) in [4.78, 5) is 10.8. The fraction of sp³-hybridized carbons (Fsp3) is 0.409. The number of nitrogens with zero attached hydrogens (tertiary/aromatic N) is 1. The lowest BCUT2D eigenvalue weighted by Gasteiger charge is -2.28. The summed E-state index contributed by atoms with van der Waals surface area (Å²) < 4.78 is 27.8. The van der Waals surface area contributed by atoms with Gasteiger partial charge in [-0.15, -0.1) is 0 Å². The summed E-state index contributed by atoms with van der Waals surface area (Å²) in [7, 11) is -3.93.